The Kier molecular flexibility index (Phi) is 6.28. The van der Waals surface area contributed by atoms with Gasteiger partial charge in [0.15, 0.2) is 0 Å². The van der Waals surface area contributed by atoms with E-state index in [1.165, 1.54) is 11.1 Å². The van der Waals surface area contributed by atoms with E-state index in [1.54, 1.807) is 11.3 Å². The lowest BCUT2D eigenvalue weighted by molar-refractivity contribution is 0.117. The summed E-state index contributed by atoms with van der Waals surface area (Å²) in [7, 11) is 0. The molecule has 29 heavy (non-hydrogen) atoms. The third-order valence-corrected chi connectivity index (χ3v) is 6.12. The Morgan fingerprint density at radius 1 is 1.21 bits per heavy atom. The SMILES string of the molecule is Cc1ccc(C=Nn2c(-c3ccc(Cl)cc3)csc2=NCC2CCCO2)c(C)c1. The highest BCUT2D eigenvalue weighted by Crippen LogP contribution is 2.22. The molecule has 2 aromatic carbocycles. The minimum absolute atomic E-state index is 0.216. The Balaban J connectivity index is 1.73. The molecule has 1 aliphatic heterocycles. The molecule has 0 saturated carbocycles. The van der Waals surface area contributed by atoms with Gasteiger partial charge in [-0.25, -0.2) is 4.68 Å². The summed E-state index contributed by atoms with van der Waals surface area (Å²) >= 11 is 7.67. The second-order valence-corrected chi connectivity index (χ2v) is 8.58. The molecule has 1 aromatic heterocycles. The summed E-state index contributed by atoms with van der Waals surface area (Å²) in [6.45, 7) is 5.71. The third-order valence-electron chi connectivity index (χ3n) is 5.02. The monoisotopic (exact) mass is 425 g/mol. The highest BCUT2D eigenvalue weighted by atomic mass is 35.5. The largest absolute Gasteiger partial charge is 0.376 e. The van der Waals surface area contributed by atoms with Crippen molar-refractivity contribution in [2.45, 2.75) is 32.8 Å². The topological polar surface area (TPSA) is 38.9 Å². The predicted octanol–water partition coefficient (Wildman–Crippen LogP) is 5.45. The summed E-state index contributed by atoms with van der Waals surface area (Å²) in [4.78, 5) is 5.68. The molecule has 1 aliphatic rings. The number of benzene rings is 2. The number of thiazole rings is 1. The minimum atomic E-state index is 0.216. The molecule has 4 nitrogen and oxygen atoms in total. The van der Waals surface area contributed by atoms with Gasteiger partial charge in [-0.3, -0.25) is 4.99 Å². The molecule has 0 N–H and O–H groups in total. The Labute approximate surface area is 180 Å². The zero-order chi connectivity index (χ0) is 20.2. The molecule has 0 radical (unpaired) electrons. The molecule has 0 spiro atoms. The van der Waals surface area contributed by atoms with Crippen molar-refractivity contribution in [3.63, 3.8) is 0 Å². The van der Waals surface area contributed by atoms with Crippen molar-refractivity contribution in [1.29, 1.82) is 0 Å². The summed E-state index contributed by atoms with van der Waals surface area (Å²) in [6.07, 6.45) is 4.32. The van der Waals surface area contributed by atoms with Crippen LogP contribution in [0, 0.1) is 13.8 Å². The van der Waals surface area contributed by atoms with E-state index >= 15 is 0 Å². The summed E-state index contributed by atoms with van der Waals surface area (Å²) in [5.74, 6) is 0. The molecule has 1 atom stereocenters. The van der Waals surface area contributed by atoms with Crippen LogP contribution < -0.4 is 4.80 Å². The summed E-state index contributed by atoms with van der Waals surface area (Å²) < 4.78 is 7.64. The van der Waals surface area contributed by atoms with Crippen LogP contribution in [-0.4, -0.2) is 30.1 Å². The molecule has 1 saturated heterocycles. The van der Waals surface area contributed by atoms with Crippen molar-refractivity contribution in [1.82, 2.24) is 4.68 Å². The molecule has 1 fully saturated rings. The number of aryl methyl sites for hydroxylation is 2. The normalized spacial score (nSPS) is 17.5. The second kappa shape index (κ2) is 9.08. The number of halogens is 1. The highest BCUT2D eigenvalue weighted by Gasteiger charge is 2.15. The maximum atomic E-state index is 6.07. The van der Waals surface area contributed by atoms with Crippen molar-refractivity contribution in [3.05, 3.63) is 74.4 Å². The van der Waals surface area contributed by atoms with Crippen LogP contribution in [0.2, 0.25) is 5.02 Å². The van der Waals surface area contributed by atoms with Gasteiger partial charge in [0.05, 0.1) is 24.6 Å². The minimum Gasteiger partial charge on any atom is -0.376 e. The summed E-state index contributed by atoms with van der Waals surface area (Å²) in [6, 6.07) is 14.2. The molecule has 2 heterocycles. The molecule has 0 bridgehead atoms. The van der Waals surface area contributed by atoms with Crippen LogP contribution in [0.15, 0.2) is 57.9 Å². The first-order valence-electron chi connectivity index (χ1n) is 9.80. The van der Waals surface area contributed by atoms with E-state index in [0.29, 0.717) is 6.54 Å². The van der Waals surface area contributed by atoms with E-state index in [1.807, 2.05) is 35.2 Å². The fourth-order valence-corrected chi connectivity index (χ4v) is 4.37. The van der Waals surface area contributed by atoms with Crippen molar-refractivity contribution < 1.29 is 4.74 Å². The standard InChI is InChI=1S/C23H24ClN3OS/c1-16-5-6-19(17(2)12-16)13-26-27-22(18-7-9-20(24)10-8-18)15-29-23(27)25-14-21-4-3-11-28-21/h5-10,12-13,15,21H,3-4,11,14H2,1-2H3. The van der Waals surface area contributed by atoms with Gasteiger partial charge in [-0.15, -0.1) is 11.3 Å². The molecule has 1 unspecified atom stereocenters. The number of hydrogen-bond acceptors (Lipinski definition) is 4. The van der Waals surface area contributed by atoms with Gasteiger partial charge in [0.25, 0.3) is 0 Å². The fraction of sp³-hybridized carbons (Fsp3) is 0.304. The average Bonchev–Trinajstić information content (AvgIpc) is 3.36. The Bertz CT molecular complexity index is 1080. The van der Waals surface area contributed by atoms with E-state index in [-0.39, 0.29) is 6.10 Å². The van der Waals surface area contributed by atoms with E-state index in [0.717, 1.165) is 46.1 Å². The molecule has 4 rings (SSSR count). The number of aromatic nitrogens is 1. The van der Waals surface area contributed by atoms with E-state index in [9.17, 15) is 0 Å². The third kappa shape index (κ3) is 4.86. The van der Waals surface area contributed by atoms with Gasteiger partial charge in [0.1, 0.15) is 0 Å². The van der Waals surface area contributed by atoms with Crippen LogP contribution in [0.25, 0.3) is 11.3 Å². The van der Waals surface area contributed by atoms with E-state index in [4.69, 9.17) is 26.4 Å². The zero-order valence-corrected chi connectivity index (χ0v) is 18.2. The van der Waals surface area contributed by atoms with Crippen molar-refractivity contribution in [3.8, 4) is 11.3 Å². The lowest BCUT2D eigenvalue weighted by Gasteiger charge is -2.06. The van der Waals surface area contributed by atoms with E-state index in [2.05, 4.69) is 37.4 Å². The summed E-state index contributed by atoms with van der Waals surface area (Å²) in [5, 5.41) is 7.62. The van der Waals surface area contributed by atoms with Gasteiger partial charge < -0.3 is 4.74 Å². The maximum Gasteiger partial charge on any atom is 0.206 e. The molecule has 3 aromatic rings. The van der Waals surface area contributed by atoms with Gasteiger partial charge in [-0.1, -0.05) is 47.5 Å². The Morgan fingerprint density at radius 2 is 2.03 bits per heavy atom. The average molecular weight is 426 g/mol. The van der Waals surface area contributed by atoms with Crippen molar-refractivity contribution in [2.75, 3.05) is 13.2 Å². The van der Waals surface area contributed by atoms with Gasteiger partial charge in [0, 0.05) is 22.6 Å². The number of hydrogen-bond donors (Lipinski definition) is 0. The lowest BCUT2D eigenvalue weighted by atomic mass is 10.1. The number of rotatable bonds is 5. The fourth-order valence-electron chi connectivity index (χ4n) is 3.40. The van der Waals surface area contributed by atoms with E-state index < -0.39 is 0 Å². The Morgan fingerprint density at radius 3 is 2.76 bits per heavy atom. The molecule has 6 heteroatoms. The number of ether oxygens (including phenoxy) is 1. The Hall–Kier alpha value is -2.21. The molecule has 0 amide bonds. The quantitative estimate of drug-likeness (QED) is 0.501. The second-order valence-electron chi connectivity index (χ2n) is 7.30. The molecular formula is C23H24ClN3OS. The van der Waals surface area contributed by atoms with Crippen LogP contribution in [-0.2, 0) is 4.74 Å². The number of nitrogens with zero attached hydrogens (tertiary/aromatic N) is 3. The lowest BCUT2D eigenvalue weighted by Crippen LogP contribution is -2.17. The van der Waals surface area contributed by atoms with Gasteiger partial charge in [0.2, 0.25) is 4.80 Å². The predicted molar refractivity (Wildman–Crippen MR) is 121 cm³/mol. The molecular weight excluding hydrogens is 402 g/mol. The first-order valence-corrected chi connectivity index (χ1v) is 11.1. The van der Waals surface area contributed by atoms with Crippen molar-refractivity contribution in [2.24, 2.45) is 10.1 Å². The molecule has 150 valence electrons. The first kappa shape index (κ1) is 20.1. The smallest absolute Gasteiger partial charge is 0.206 e. The van der Waals surface area contributed by atoms with Gasteiger partial charge >= 0.3 is 0 Å². The maximum absolute atomic E-state index is 6.07. The van der Waals surface area contributed by atoms with Crippen LogP contribution >= 0.6 is 22.9 Å². The van der Waals surface area contributed by atoms with Crippen LogP contribution in [0.4, 0.5) is 0 Å². The van der Waals surface area contributed by atoms with Gasteiger partial charge in [-0.05, 0) is 49.9 Å². The van der Waals surface area contributed by atoms with Gasteiger partial charge in [-0.2, -0.15) is 5.10 Å². The zero-order valence-electron chi connectivity index (χ0n) is 16.6. The highest BCUT2D eigenvalue weighted by molar-refractivity contribution is 7.07. The van der Waals surface area contributed by atoms with Crippen LogP contribution in [0.3, 0.4) is 0 Å². The molecule has 0 aliphatic carbocycles. The van der Waals surface area contributed by atoms with Crippen molar-refractivity contribution >= 4 is 29.2 Å². The summed E-state index contributed by atoms with van der Waals surface area (Å²) in [5.41, 5.74) is 5.61. The van der Waals surface area contributed by atoms with Crippen LogP contribution in [0.1, 0.15) is 29.5 Å². The van der Waals surface area contributed by atoms with Crippen LogP contribution in [0.5, 0.6) is 0 Å². The first-order chi connectivity index (χ1) is 14.1.